The maximum atomic E-state index is 13.7. The molecule has 0 saturated heterocycles. The Kier molecular flexibility index (Phi) is 3.54. The highest BCUT2D eigenvalue weighted by atomic mass is 19.1. The van der Waals surface area contributed by atoms with E-state index in [0.717, 1.165) is 24.2 Å². The van der Waals surface area contributed by atoms with E-state index in [1.807, 2.05) is 20.0 Å². The number of H-pyrrole nitrogens is 1. The van der Waals surface area contributed by atoms with E-state index in [0.29, 0.717) is 11.3 Å². The molecule has 0 aliphatic carbocycles. The number of hydrogen-bond acceptors (Lipinski definition) is 2. The summed E-state index contributed by atoms with van der Waals surface area (Å²) in [7, 11) is 1.91. The summed E-state index contributed by atoms with van der Waals surface area (Å²) in [6.07, 6.45) is 0.865. The Bertz CT molecular complexity index is 505. The molecule has 17 heavy (non-hydrogen) atoms. The second kappa shape index (κ2) is 5.10. The summed E-state index contributed by atoms with van der Waals surface area (Å²) in [5.41, 5.74) is 3.33. The van der Waals surface area contributed by atoms with Crippen LogP contribution in [0, 0.1) is 12.7 Å². The maximum Gasteiger partial charge on any atom is 0.132 e. The van der Waals surface area contributed by atoms with Crippen LogP contribution in [0.1, 0.15) is 11.3 Å². The Morgan fingerprint density at radius 3 is 2.82 bits per heavy atom. The lowest BCUT2D eigenvalue weighted by Gasteiger charge is -2.01. The van der Waals surface area contributed by atoms with Gasteiger partial charge in [-0.05, 0) is 31.7 Å². The fourth-order valence-corrected chi connectivity index (χ4v) is 1.84. The highest BCUT2D eigenvalue weighted by Gasteiger charge is 2.13. The molecule has 0 aliphatic rings. The van der Waals surface area contributed by atoms with Crippen LogP contribution in [0.2, 0.25) is 0 Å². The van der Waals surface area contributed by atoms with Gasteiger partial charge in [0.2, 0.25) is 0 Å². The lowest BCUT2D eigenvalue weighted by atomic mass is 10.1. The topological polar surface area (TPSA) is 40.7 Å². The number of aromatic nitrogens is 2. The third-order valence-corrected chi connectivity index (χ3v) is 2.86. The van der Waals surface area contributed by atoms with Gasteiger partial charge in [-0.15, -0.1) is 0 Å². The lowest BCUT2D eigenvalue weighted by Crippen LogP contribution is -2.11. The minimum atomic E-state index is -0.234. The molecule has 0 saturated carbocycles. The van der Waals surface area contributed by atoms with Crippen molar-refractivity contribution in [1.82, 2.24) is 15.5 Å². The molecule has 0 bridgehead atoms. The number of halogens is 1. The zero-order chi connectivity index (χ0) is 12.3. The average Bonchev–Trinajstić information content (AvgIpc) is 2.69. The van der Waals surface area contributed by atoms with Crippen molar-refractivity contribution >= 4 is 0 Å². The van der Waals surface area contributed by atoms with Crippen LogP contribution in [0.3, 0.4) is 0 Å². The smallest absolute Gasteiger partial charge is 0.132 e. The molecule has 90 valence electrons. The van der Waals surface area contributed by atoms with Gasteiger partial charge in [-0.1, -0.05) is 12.1 Å². The van der Waals surface area contributed by atoms with E-state index >= 15 is 0 Å². The van der Waals surface area contributed by atoms with Crippen molar-refractivity contribution in [2.45, 2.75) is 13.3 Å². The minimum Gasteiger partial charge on any atom is -0.319 e. The SMILES string of the molecule is CNCCc1[nH]nc(-c2ccccc2F)c1C. The fraction of sp³-hybridized carbons (Fsp3) is 0.308. The Labute approximate surface area is 100 Å². The summed E-state index contributed by atoms with van der Waals surface area (Å²) >= 11 is 0. The largest absolute Gasteiger partial charge is 0.319 e. The molecule has 4 heteroatoms. The number of nitrogens with zero attached hydrogens (tertiary/aromatic N) is 1. The number of nitrogens with one attached hydrogen (secondary N) is 2. The molecule has 0 unspecified atom stereocenters. The highest BCUT2D eigenvalue weighted by Crippen LogP contribution is 2.25. The molecule has 0 spiro atoms. The fourth-order valence-electron chi connectivity index (χ4n) is 1.84. The van der Waals surface area contributed by atoms with Gasteiger partial charge in [0.1, 0.15) is 5.82 Å². The summed E-state index contributed by atoms with van der Waals surface area (Å²) in [5.74, 6) is -0.234. The van der Waals surface area contributed by atoms with Crippen LogP contribution in [0.5, 0.6) is 0 Å². The van der Waals surface area contributed by atoms with Crippen LogP contribution in [-0.4, -0.2) is 23.8 Å². The first-order valence-electron chi connectivity index (χ1n) is 5.67. The van der Waals surface area contributed by atoms with E-state index < -0.39 is 0 Å². The van der Waals surface area contributed by atoms with Crippen LogP contribution >= 0.6 is 0 Å². The number of aromatic amines is 1. The van der Waals surface area contributed by atoms with Gasteiger partial charge in [-0.25, -0.2) is 4.39 Å². The van der Waals surface area contributed by atoms with Gasteiger partial charge in [0, 0.05) is 24.2 Å². The van der Waals surface area contributed by atoms with Crippen molar-refractivity contribution in [2.75, 3.05) is 13.6 Å². The van der Waals surface area contributed by atoms with Crippen molar-refractivity contribution < 1.29 is 4.39 Å². The number of rotatable bonds is 4. The summed E-state index contributed by atoms with van der Waals surface area (Å²) < 4.78 is 13.7. The molecule has 0 radical (unpaired) electrons. The molecule has 0 aliphatic heterocycles. The van der Waals surface area contributed by atoms with Gasteiger partial charge in [0.25, 0.3) is 0 Å². The third kappa shape index (κ3) is 2.36. The Hall–Kier alpha value is -1.68. The van der Waals surface area contributed by atoms with E-state index in [1.54, 1.807) is 12.1 Å². The van der Waals surface area contributed by atoms with Crippen molar-refractivity contribution in [3.05, 3.63) is 41.3 Å². The minimum absolute atomic E-state index is 0.234. The number of benzene rings is 1. The highest BCUT2D eigenvalue weighted by molar-refractivity contribution is 5.64. The molecule has 0 amide bonds. The number of likely N-dealkylation sites (N-methyl/N-ethyl adjacent to an activating group) is 1. The molecule has 2 aromatic rings. The summed E-state index contributed by atoms with van der Waals surface area (Å²) in [6, 6.07) is 6.71. The zero-order valence-corrected chi connectivity index (χ0v) is 10.0. The Balaban J connectivity index is 2.34. The van der Waals surface area contributed by atoms with Gasteiger partial charge in [0.15, 0.2) is 0 Å². The first-order valence-corrected chi connectivity index (χ1v) is 5.67. The van der Waals surface area contributed by atoms with E-state index in [1.165, 1.54) is 6.07 Å². The predicted molar refractivity (Wildman–Crippen MR) is 66.3 cm³/mol. The molecule has 0 fully saturated rings. The second-order valence-electron chi connectivity index (χ2n) is 4.01. The zero-order valence-electron chi connectivity index (χ0n) is 10.0. The number of hydrogen-bond donors (Lipinski definition) is 2. The normalized spacial score (nSPS) is 10.8. The molecular formula is C13H16FN3. The van der Waals surface area contributed by atoms with Gasteiger partial charge >= 0.3 is 0 Å². The van der Waals surface area contributed by atoms with Crippen molar-refractivity contribution in [1.29, 1.82) is 0 Å². The molecule has 3 nitrogen and oxygen atoms in total. The second-order valence-corrected chi connectivity index (χ2v) is 4.01. The standard InChI is InChI=1S/C13H16FN3/c1-9-12(7-8-15-2)16-17-13(9)10-5-3-4-6-11(10)14/h3-6,15H,7-8H2,1-2H3,(H,16,17). The van der Waals surface area contributed by atoms with E-state index in [-0.39, 0.29) is 5.82 Å². The van der Waals surface area contributed by atoms with Gasteiger partial charge in [0.05, 0.1) is 5.69 Å². The summed E-state index contributed by atoms with van der Waals surface area (Å²) in [5, 5.41) is 10.3. The monoisotopic (exact) mass is 233 g/mol. The van der Waals surface area contributed by atoms with Crippen molar-refractivity contribution in [3.63, 3.8) is 0 Å². The molecule has 2 rings (SSSR count). The quantitative estimate of drug-likeness (QED) is 0.850. The van der Waals surface area contributed by atoms with E-state index in [4.69, 9.17) is 0 Å². The van der Waals surface area contributed by atoms with E-state index in [9.17, 15) is 4.39 Å². The molecular weight excluding hydrogens is 217 g/mol. The lowest BCUT2D eigenvalue weighted by molar-refractivity contribution is 0.630. The van der Waals surface area contributed by atoms with Gasteiger partial charge < -0.3 is 5.32 Å². The van der Waals surface area contributed by atoms with Crippen LogP contribution in [0.4, 0.5) is 4.39 Å². The molecule has 1 heterocycles. The molecule has 0 atom stereocenters. The first-order chi connectivity index (χ1) is 8.24. The van der Waals surface area contributed by atoms with Gasteiger partial charge in [-0.3, -0.25) is 5.10 Å². The first kappa shape index (κ1) is 11.8. The van der Waals surface area contributed by atoms with E-state index in [2.05, 4.69) is 15.5 Å². The third-order valence-electron chi connectivity index (χ3n) is 2.86. The predicted octanol–water partition coefficient (Wildman–Crippen LogP) is 2.29. The van der Waals surface area contributed by atoms with Crippen molar-refractivity contribution in [2.24, 2.45) is 0 Å². The Morgan fingerprint density at radius 1 is 1.35 bits per heavy atom. The van der Waals surface area contributed by atoms with Crippen LogP contribution in [0.25, 0.3) is 11.3 Å². The maximum absolute atomic E-state index is 13.7. The van der Waals surface area contributed by atoms with Crippen molar-refractivity contribution in [3.8, 4) is 11.3 Å². The van der Waals surface area contributed by atoms with Gasteiger partial charge in [-0.2, -0.15) is 5.10 Å². The molecule has 1 aromatic carbocycles. The Morgan fingerprint density at radius 2 is 2.12 bits per heavy atom. The average molecular weight is 233 g/mol. The summed E-state index contributed by atoms with van der Waals surface area (Å²) in [6.45, 7) is 2.84. The molecule has 2 N–H and O–H groups in total. The van der Waals surface area contributed by atoms with Crippen LogP contribution < -0.4 is 5.32 Å². The summed E-state index contributed by atoms with van der Waals surface area (Å²) in [4.78, 5) is 0. The van der Waals surface area contributed by atoms with Crippen LogP contribution in [-0.2, 0) is 6.42 Å². The van der Waals surface area contributed by atoms with Crippen LogP contribution in [0.15, 0.2) is 24.3 Å². The molecule has 1 aromatic heterocycles.